The fourth-order valence-corrected chi connectivity index (χ4v) is 2.48. The molecule has 0 radical (unpaired) electrons. The number of hydrogen-bond acceptors (Lipinski definition) is 6. The van der Waals surface area contributed by atoms with Crippen LogP contribution in [0, 0.1) is 0 Å². The number of nitrogens with zero attached hydrogens (tertiary/aromatic N) is 4. The van der Waals surface area contributed by atoms with Crippen LogP contribution < -0.4 is 15.5 Å². The van der Waals surface area contributed by atoms with Gasteiger partial charge in [0.25, 0.3) is 0 Å². The standard InChI is InChI=1S/C15H19N5O/c16-14-3-2-13(10-17-14)19-5-7-20(8-6-19)15-4-1-12(11-21)9-18-15/h1-4,9-10,21H,5-8,11H2,(H2,16,17). The third kappa shape index (κ3) is 3.05. The molecular formula is C15H19N5O. The summed E-state index contributed by atoms with van der Waals surface area (Å²) in [6, 6.07) is 7.72. The molecule has 6 heteroatoms. The van der Waals surface area contributed by atoms with E-state index < -0.39 is 0 Å². The van der Waals surface area contributed by atoms with Crippen LogP contribution in [0.15, 0.2) is 36.7 Å². The van der Waals surface area contributed by atoms with Crippen molar-refractivity contribution in [3.05, 3.63) is 42.2 Å². The minimum atomic E-state index is 0.0329. The molecule has 1 aliphatic rings. The lowest BCUT2D eigenvalue weighted by Gasteiger charge is -2.36. The van der Waals surface area contributed by atoms with Crippen molar-refractivity contribution in [1.82, 2.24) is 9.97 Å². The molecule has 0 spiro atoms. The van der Waals surface area contributed by atoms with E-state index >= 15 is 0 Å². The quantitative estimate of drug-likeness (QED) is 0.871. The summed E-state index contributed by atoms with van der Waals surface area (Å²) in [5.74, 6) is 1.51. The van der Waals surface area contributed by atoms with Gasteiger partial charge < -0.3 is 20.6 Å². The lowest BCUT2D eigenvalue weighted by molar-refractivity contribution is 0.281. The van der Waals surface area contributed by atoms with E-state index in [0.717, 1.165) is 43.2 Å². The highest BCUT2D eigenvalue weighted by atomic mass is 16.3. The Labute approximate surface area is 123 Å². The smallest absolute Gasteiger partial charge is 0.128 e. The van der Waals surface area contributed by atoms with Crippen LogP contribution in [-0.4, -0.2) is 41.3 Å². The van der Waals surface area contributed by atoms with E-state index in [0.29, 0.717) is 5.82 Å². The van der Waals surface area contributed by atoms with Crippen LogP contribution in [0.2, 0.25) is 0 Å². The third-order valence-electron chi connectivity index (χ3n) is 3.73. The van der Waals surface area contributed by atoms with E-state index in [1.54, 1.807) is 6.20 Å². The molecule has 0 unspecified atom stereocenters. The second-order valence-corrected chi connectivity index (χ2v) is 5.10. The summed E-state index contributed by atoms with van der Waals surface area (Å²) < 4.78 is 0. The highest BCUT2D eigenvalue weighted by Crippen LogP contribution is 2.19. The van der Waals surface area contributed by atoms with E-state index in [2.05, 4.69) is 19.8 Å². The number of nitrogens with two attached hydrogens (primary N) is 1. The Morgan fingerprint density at radius 1 is 0.952 bits per heavy atom. The first kappa shape index (κ1) is 13.6. The average Bonchev–Trinajstić information content (AvgIpc) is 2.56. The summed E-state index contributed by atoms with van der Waals surface area (Å²) in [6.07, 6.45) is 3.55. The Kier molecular flexibility index (Phi) is 3.87. The monoisotopic (exact) mass is 285 g/mol. The number of hydrogen-bond donors (Lipinski definition) is 2. The molecule has 6 nitrogen and oxygen atoms in total. The van der Waals surface area contributed by atoms with Gasteiger partial charge in [0.1, 0.15) is 11.6 Å². The molecule has 2 aromatic rings. The van der Waals surface area contributed by atoms with Crippen molar-refractivity contribution >= 4 is 17.3 Å². The number of piperazine rings is 1. The van der Waals surface area contributed by atoms with E-state index in [1.165, 1.54) is 0 Å². The van der Waals surface area contributed by atoms with Gasteiger partial charge in [-0.05, 0) is 23.8 Å². The number of anilines is 3. The second-order valence-electron chi connectivity index (χ2n) is 5.10. The van der Waals surface area contributed by atoms with Crippen molar-refractivity contribution in [1.29, 1.82) is 0 Å². The molecule has 1 aliphatic heterocycles. The van der Waals surface area contributed by atoms with Crippen molar-refractivity contribution in [3.8, 4) is 0 Å². The molecule has 0 bridgehead atoms. The van der Waals surface area contributed by atoms with Gasteiger partial charge in [-0.25, -0.2) is 9.97 Å². The van der Waals surface area contributed by atoms with Crippen molar-refractivity contribution < 1.29 is 5.11 Å². The first-order chi connectivity index (χ1) is 10.3. The lowest BCUT2D eigenvalue weighted by Crippen LogP contribution is -2.46. The van der Waals surface area contributed by atoms with Gasteiger partial charge >= 0.3 is 0 Å². The zero-order chi connectivity index (χ0) is 14.7. The van der Waals surface area contributed by atoms with Crippen LogP contribution in [-0.2, 0) is 6.61 Å². The maximum atomic E-state index is 9.04. The third-order valence-corrected chi connectivity index (χ3v) is 3.73. The van der Waals surface area contributed by atoms with Crippen LogP contribution in [0.25, 0.3) is 0 Å². The Morgan fingerprint density at radius 3 is 2.29 bits per heavy atom. The Bertz CT molecular complexity index is 576. The molecular weight excluding hydrogens is 266 g/mol. The highest BCUT2D eigenvalue weighted by molar-refractivity contribution is 5.50. The van der Waals surface area contributed by atoms with Crippen LogP contribution in [0.4, 0.5) is 17.3 Å². The number of aromatic nitrogens is 2. The predicted molar refractivity (Wildman–Crippen MR) is 83.2 cm³/mol. The lowest BCUT2D eigenvalue weighted by atomic mass is 10.2. The molecule has 2 aromatic heterocycles. The minimum absolute atomic E-state index is 0.0329. The molecule has 1 fully saturated rings. The second kappa shape index (κ2) is 5.97. The Balaban J connectivity index is 1.62. The highest BCUT2D eigenvalue weighted by Gasteiger charge is 2.18. The molecule has 0 atom stereocenters. The fourth-order valence-electron chi connectivity index (χ4n) is 2.48. The topological polar surface area (TPSA) is 78.5 Å². The normalized spacial score (nSPS) is 15.3. The van der Waals surface area contributed by atoms with Crippen LogP contribution in [0.5, 0.6) is 0 Å². The summed E-state index contributed by atoms with van der Waals surface area (Å²) in [5, 5.41) is 9.04. The predicted octanol–water partition coefficient (Wildman–Crippen LogP) is 0.878. The van der Waals surface area contributed by atoms with Gasteiger partial charge in [0.15, 0.2) is 0 Å². The zero-order valence-electron chi connectivity index (χ0n) is 11.8. The molecule has 3 rings (SSSR count). The van der Waals surface area contributed by atoms with Gasteiger partial charge in [-0.2, -0.15) is 0 Å². The van der Waals surface area contributed by atoms with Crippen molar-refractivity contribution in [2.75, 3.05) is 41.7 Å². The molecule has 0 amide bonds. The zero-order valence-corrected chi connectivity index (χ0v) is 11.8. The molecule has 0 aliphatic carbocycles. The maximum absolute atomic E-state index is 9.04. The fraction of sp³-hybridized carbons (Fsp3) is 0.333. The maximum Gasteiger partial charge on any atom is 0.128 e. The van der Waals surface area contributed by atoms with Crippen molar-refractivity contribution in [2.24, 2.45) is 0 Å². The first-order valence-electron chi connectivity index (χ1n) is 7.03. The van der Waals surface area contributed by atoms with E-state index in [4.69, 9.17) is 10.8 Å². The number of aliphatic hydroxyl groups is 1. The van der Waals surface area contributed by atoms with Gasteiger partial charge in [-0.1, -0.05) is 6.07 Å². The minimum Gasteiger partial charge on any atom is -0.392 e. The summed E-state index contributed by atoms with van der Waals surface area (Å²) in [4.78, 5) is 13.1. The van der Waals surface area contributed by atoms with Crippen molar-refractivity contribution in [2.45, 2.75) is 6.61 Å². The number of rotatable bonds is 3. The Morgan fingerprint density at radius 2 is 1.71 bits per heavy atom. The first-order valence-corrected chi connectivity index (χ1v) is 7.03. The van der Waals surface area contributed by atoms with Crippen LogP contribution in [0.3, 0.4) is 0 Å². The largest absolute Gasteiger partial charge is 0.392 e. The van der Waals surface area contributed by atoms with E-state index in [9.17, 15) is 0 Å². The summed E-state index contributed by atoms with van der Waals surface area (Å²) in [7, 11) is 0. The number of aliphatic hydroxyl groups excluding tert-OH is 1. The molecule has 3 heterocycles. The number of pyridine rings is 2. The van der Waals surface area contributed by atoms with Gasteiger partial charge in [-0.15, -0.1) is 0 Å². The van der Waals surface area contributed by atoms with Gasteiger partial charge in [0.2, 0.25) is 0 Å². The van der Waals surface area contributed by atoms with E-state index in [1.807, 2.05) is 30.5 Å². The van der Waals surface area contributed by atoms with Crippen LogP contribution >= 0.6 is 0 Å². The van der Waals surface area contributed by atoms with Gasteiger partial charge in [0, 0.05) is 32.4 Å². The summed E-state index contributed by atoms with van der Waals surface area (Å²) in [5.41, 5.74) is 7.56. The van der Waals surface area contributed by atoms with Gasteiger partial charge in [0.05, 0.1) is 18.5 Å². The summed E-state index contributed by atoms with van der Waals surface area (Å²) >= 11 is 0. The molecule has 0 saturated carbocycles. The van der Waals surface area contributed by atoms with E-state index in [-0.39, 0.29) is 6.61 Å². The molecule has 21 heavy (non-hydrogen) atoms. The van der Waals surface area contributed by atoms with Crippen molar-refractivity contribution in [3.63, 3.8) is 0 Å². The molecule has 3 N–H and O–H groups in total. The molecule has 110 valence electrons. The van der Waals surface area contributed by atoms with Gasteiger partial charge in [-0.3, -0.25) is 0 Å². The summed E-state index contributed by atoms with van der Waals surface area (Å²) in [6.45, 7) is 3.71. The molecule has 1 saturated heterocycles. The average molecular weight is 285 g/mol. The SMILES string of the molecule is Nc1ccc(N2CCN(c3ccc(CO)cn3)CC2)cn1. The molecule has 0 aromatic carbocycles. The van der Waals surface area contributed by atoms with Crippen LogP contribution in [0.1, 0.15) is 5.56 Å². The Hall–Kier alpha value is -2.34. The number of nitrogen functional groups attached to an aromatic ring is 1.